The molecule has 0 bridgehead atoms. The van der Waals surface area contributed by atoms with Gasteiger partial charge in [0.1, 0.15) is 24.5 Å². The fourth-order valence-electron chi connectivity index (χ4n) is 5.15. The van der Waals surface area contributed by atoms with Crippen LogP contribution < -0.4 is 10.1 Å². The number of ether oxygens (including phenoxy) is 3. The van der Waals surface area contributed by atoms with Crippen molar-refractivity contribution in [3.05, 3.63) is 84.4 Å². The van der Waals surface area contributed by atoms with Crippen LogP contribution in [0.1, 0.15) is 37.7 Å². The number of hydrogen-bond donors (Lipinski definition) is 1. The van der Waals surface area contributed by atoms with Gasteiger partial charge in [0.25, 0.3) is 0 Å². The van der Waals surface area contributed by atoms with Gasteiger partial charge in [0.05, 0.1) is 18.7 Å². The van der Waals surface area contributed by atoms with E-state index < -0.39 is 0 Å². The lowest BCUT2D eigenvalue weighted by molar-refractivity contribution is 0.162. The van der Waals surface area contributed by atoms with E-state index >= 15 is 0 Å². The number of benzene rings is 1. The standard InChI is InChI=1S/C28H33N3O3/c1-32-24-9-10-26-25(18-24)22(11-13-29-26)19-30-23-8-5-14-31(15-12-23)28(21-6-3-2-4-7-21)27-20-33-16-17-34-27/h2-3,6,9-11,13,16-18,20,23,28,30H,4-5,7-8,12,14-15,19H2,1H3. The van der Waals surface area contributed by atoms with Gasteiger partial charge in [0, 0.05) is 30.7 Å². The number of nitrogens with zero attached hydrogens (tertiary/aromatic N) is 2. The number of fused-ring (bicyclic) bond motifs is 1. The topological polar surface area (TPSA) is 55.9 Å². The summed E-state index contributed by atoms with van der Waals surface area (Å²) in [4.78, 5) is 7.08. The molecule has 2 atom stereocenters. The number of allylic oxidation sites excluding steroid dienone is 3. The second-order valence-corrected chi connectivity index (χ2v) is 9.06. The number of aromatic nitrogens is 1. The van der Waals surface area contributed by atoms with Gasteiger partial charge in [0.15, 0.2) is 5.76 Å². The zero-order chi connectivity index (χ0) is 23.2. The van der Waals surface area contributed by atoms with Gasteiger partial charge < -0.3 is 19.5 Å². The molecule has 2 unspecified atom stereocenters. The lowest BCUT2D eigenvalue weighted by Gasteiger charge is -2.34. The van der Waals surface area contributed by atoms with Gasteiger partial charge >= 0.3 is 0 Å². The first-order chi connectivity index (χ1) is 16.8. The summed E-state index contributed by atoms with van der Waals surface area (Å²) in [7, 11) is 1.70. The van der Waals surface area contributed by atoms with Gasteiger partial charge in [-0.3, -0.25) is 9.88 Å². The molecule has 34 heavy (non-hydrogen) atoms. The molecule has 5 rings (SSSR count). The summed E-state index contributed by atoms with van der Waals surface area (Å²) in [5.74, 6) is 1.75. The molecule has 0 amide bonds. The predicted molar refractivity (Wildman–Crippen MR) is 134 cm³/mol. The monoisotopic (exact) mass is 459 g/mol. The minimum Gasteiger partial charge on any atom is -0.497 e. The van der Waals surface area contributed by atoms with Gasteiger partial charge in [-0.05, 0) is 74.1 Å². The maximum Gasteiger partial charge on any atom is 0.160 e. The van der Waals surface area contributed by atoms with Gasteiger partial charge in [-0.15, -0.1) is 0 Å². The largest absolute Gasteiger partial charge is 0.497 e. The third-order valence-electron chi connectivity index (χ3n) is 6.94. The summed E-state index contributed by atoms with van der Waals surface area (Å²) in [5.41, 5.74) is 3.66. The summed E-state index contributed by atoms with van der Waals surface area (Å²) in [6, 6.07) is 8.78. The van der Waals surface area contributed by atoms with E-state index in [4.69, 9.17) is 14.2 Å². The minimum absolute atomic E-state index is 0.130. The van der Waals surface area contributed by atoms with Crippen LogP contribution in [-0.2, 0) is 16.0 Å². The van der Waals surface area contributed by atoms with Crippen LogP contribution >= 0.6 is 0 Å². The number of likely N-dealkylation sites (tertiary alicyclic amines) is 1. The number of rotatable bonds is 7. The molecule has 1 aromatic carbocycles. The van der Waals surface area contributed by atoms with E-state index in [0.717, 1.165) is 74.1 Å². The molecule has 1 saturated heterocycles. The molecule has 0 spiro atoms. The van der Waals surface area contributed by atoms with Gasteiger partial charge in [-0.25, -0.2) is 0 Å². The molecule has 2 aliphatic heterocycles. The number of nitrogens with one attached hydrogen (secondary N) is 1. The second-order valence-electron chi connectivity index (χ2n) is 9.06. The first-order valence-corrected chi connectivity index (χ1v) is 12.2. The smallest absolute Gasteiger partial charge is 0.160 e. The Kier molecular flexibility index (Phi) is 7.27. The van der Waals surface area contributed by atoms with E-state index in [2.05, 4.69) is 45.6 Å². The first kappa shape index (κ1) is 22.7. The van der Waals surface area contributed by atoms with Crippen LogP contribution in [0.5, 0.6) is 5.75 Å². The Morgan fingerprint density at radius 3 is 3.00 bits per heavy atom. The minimum atomic E-state index is 0.130. The molecule has 1 fully saturated rings. The van der Waals surface area contributed by atoms with E-state index in [1.54, 1.807) is 25.9 Å². The van der Waals surface area contributed by atoms with E-state index in [-0.39, 0.29) is 6.04 Å². The van der Waals surface area contributed by atoms with E-state index in [1.807, 2.05) is 18.3 Å². The molecule has 3 aliphatic rings. The Morgan fingerprint density at radius 2 is 2.18 bits per heavy atom. The molecule has 0 radical (unpaired) electrons. The van der Waals surface area contributed by atoms with Crippen molar-refractivity contribution in [2.45, 2.75) is 50.7 Å². The van der Waals surface area contributed by atoms with Crippen LogP contribution in [0.15, 0.2) is 78.8 Å². The number of pyridine rings is 1. The molecule has 178 valence electrons. The highest BCUT2D eigenvalue weighted by Gasteiger charge is 2.30. The summed E-state index contributed by atoms with van der Waals surface area (Å²) in [6.07, 6.45) is 19.0. The molecule has 3 heterocycles. The fourth-order valence-corrected chi connectivity index (χ4v) is 5.15. The molecule has 2 aromatic rings. The van der Waals surface area contributed by atoms with Gasteiger partial charge in [0.2, 0.25) is 0 Å². The molecule has 1 aliphatic carbocycles. The van der Waals surface area contributed by atoms with Crippen molar-refractivity contribution in [1.82, 2.24) is 15.2 Å². The molecule has 1 N–H and O–H groups in total. The van der Waals surface area contributed by atoms with Crippen LogP contribution in [0, 0.1) is 0 Å². The Labute approximate surface area is 201 Å². The van der Waals surface area contributed by atoms with Crippen molar-refractivity contribution >= 4 is 10.9 Å². The maximum absolute atomic E-state index is 5.90. The Balaban J connectivity index is 1.26. The average molecular weight is 460 g/mol. The van der Waals surface area contributed by atoms with Crippen molar-refractivity contribution in [3.63, 3.8) is 0 Å². The van der Waals surface area contributed by atoms with E-state index in [0.29, 0.717) is 6.04 Å². The van der Waals surface area contributed by atoms with Crippen LogP contribution in [0.3, 0.4) is 0 Å². The number of hydrogen-bond acceptors (Lipinski definition) is 6. The quantitative estimate of drug-likeness (QED) is 0.615. The van der Waals surface area contributed by atoms with Crippen molar-refractivity contribution in [2.24, 2.45) is 0 Å². The lowest BCUT2D eigenvalue weighted by atomic mass is 9.95. The molecule has 6 nitrogen and oxygen atoms in total. The zero-order valence-electron chi connectivity index (χ0n) is 19.8. The zero-order valence-corrected chi connectivity index (χ0v) is 19.8. The summed E-state index contributed by atoms with van der Waals surface area (Å²) < 4.78 is 16.8. The predicted octanol–water partition coefficient (Wildman–Crippen LogP) is 5.19. The average Bonchev–Trinajstić information content (AvgIpc) is 3.14. The summed E-state index contributed by atoms with van der Waals surface area (Å²) in [5, 5.41) is 4.97. The highest BCUT2D eigenvalue weighted by Crippen LogP contribution is 2.30. The van der Waals surface area contributed by atoms with Gasteiger partial charge in [-0.1, -0.05) is 18.2 Å². The third-order valence-corrected chi connectivity index (χ3v) is 6.94. The van der Waals surface area contributed by atoms with Crippen molar-refractivity contribution < 1.29 is 14.2 Å². The SMILES string of the molecule is COc1ccc2nccc(CNC3CCCN(C(C4=CC=CCC4)C4=COC=CO4)CC3)c2c1. The second kappa shape index (κ2) is 10.9. The Hall–Kier alpha value is -3.09. The normalized spacial score (nSPS) is 21.7. The van der Waals surface area contributed by atoms with Crippen molar-refractivity contribution in [1.29, 1.82) is 0 Å². The Morgan fingerprint density at radius 1 is 1.21 bits per heavy atom. The molecular formula is C28H33N3O3. The molecule has 0 saturated carbocycles. The van der Waals surface area contributed by atoms with Crippen LogP contribution in [0.2, 0.25) is 0 Å². The van der Waals surface area contributed by atoms with Gasteiger partial charge in [-0.2, -0.15) is 0 Å². The van der Waals surface area contributed by atoms with E-state index in [9.17, 15) is 0 Å². The molecule has 6 heteroatoms. The summed E-state index contributed by atoms with van der Waals surface area (Å²) >= 11 is 0. The Bertz CT molecular complexity index is 1120. The highest BCUT2D eigenvalue weighted by molar-refractivity contribution is 5.83. The highest BCUT2D eigenvalue weighted by atomic mass is 16.5. The van der Waals surface area contributed by atoms with Crippen LogP contribution in [0.25, 0.3) is 10.9 Å². The number of methoxy groups -OCH3 is 1. The third kappa shape index (κ3) is 5.18. The first-order valence-electron chi connectivity index (χ1n) is 12.2. The van der Waals surface area contributed by atoms with E-state index in [1.165, 1.54) is 11.1 Å². The van der Waals surface area contributed by atoms with Crippen LogP contribution in [-0.4, -0.2) is 42.2 Å². The fraction of sp³-hybridized carbons (Fsp3) is 0.393. The molecule has 1 aromatic heterocycles. The van der Waals surface area contributed by atoms with Crippen molar-refractivity contribution in [3.8, 4) is 5.75 Å². The molecular weight excluding hydrogens is 426 g/mol. The van der Waals surface area contributed by atoms with Crippen molar-refractivity contribution in [2.75, 3.05) is 20.2 Å². The summed E-state index contributed by atoms with van der Waals surface area (Å²) in [6.45, 7) is 2.88. The maximum atomic E-state index is 5.90. The lowest BCUT2D eigenvalue weighted by Crippen LogP contribution is -2.40. The van der Waals surface area contributed by atoms with Crippen LogP contribution in [0.4, 0.5) is 0 Å².